The predicted molar refractivity (Wildman–Crippen MR) is 70.0 cm³/mol. The molecule has 1 amide bonds. The number of ketones is 1. The number of carbonyl (C=O) groups is 2. The summed E-state index contributed by atoms with van der Waals surface area (Å²) in [6.07, 6.45) is 1.85. The summed E-state index contributed by atoms with van der Waals surface area (Å²) in [6, 6.07) is 0. The maximum absolute atomic E-state index is 12.6. The van der Waals surface area contributed by atoms with Gasteiger partial charge in [0.2, 0.25) is 0 Å². The Morgan fingerprint density at radius 1 is 1.40 bits per heavy atom. The van der Waals surface area contributed by atoms with Crippen molar-refractivity contribution in [3.05, 3.63) is 36.1 Å². The number of carbonyl (C=O) groups excluding carboxylic acids is 2. The van der Waals surface area contributed by atoms with Crippen molar-refractivity contribution in [2.45, 2.75) is 25.6 Å². The molecule has 0 aromatic rings. The first kappa shape index (κ1) is 14.6. The summed E-state index contributed by atoms with van der Waals surface area (Å²) in [4.78, 5) is 29.2. The fourth-order valence-corrected chi connectivity index (χ4v) is 2.78. The van der Waals surface area contributed by atoms with E-state index in [1.165, 1.54) is 19.3 Å². The molecule has 2 N–H and O–H groups in total. The van der Waals surface area contributed by atoms with Crippen LogP contribution in [-0.4, -0.2) is 46.3 Å². The number of aliphatic hydroxyl groups excluding tert-OH is 2. The molecule has 2 unspecified atom stereocenters. The maximum atomic E-state index is 12.6. The molecular formula is C14H17NO5. The van der Waals surface area contributed by atoms with Gasteiger partial charge in [0, 0.05) is 0 Å². The van der Waals surface area contributed by atoms with E-state index in [1.54, 1.807) is 6.08 Å². The molecular weight excluding hydrogens is 262 g/mol. The zero-order valence-electron chi connectivity index (χ0n) is 11.4. The van der Waals surface area contributed by atoms with E-state index in [4.69, 9.17) is 4.84 Å². The molecule has 1 fully saturated rings. The normalized spacial score (nSPS) is 35.7. The summed E-state index contributed by atoms with van der Waals surface area (Å²) in [5.41, 5.74) is -1.37. The topological polar surface area (TPSA) is 87.1 Å². The molecule has 0 bridgehead atoms. The van der Waals surface area contributed by atoms with E-state index >= 15 is 0 Å². The maximum Gasteiger partial charge on any atom is 0.267 e. The van der Waals surface area contributed by atoms with E-state index in [0.717, 1.165) is 5.06 Å². The Balaban J connectivity index is 2.68. The number of amides is 1. The highest BCUT2D eigenvalue weighted by Gasteiger charge is 2.64. The van der Waals surface area contributed by atoms with Gasteiger partial charge in [-0.15, -0.1) is 0 Å². The molecule has 0 saturated carbocycles. The van der Waals surface area contributed by atoms with Crippen LogP contribution in [0.2, 0.25) is 0 Å². The van der Waals surface area contributed by atoms with Crippen molar-refractivity contribution >= 4 is 11.7 Å². The molecule has 1 aliphatic heterocycles. The van der Waals surface area contributed by atoms with Gasteiger partial charge in [-0.25, -0.2) is 0 Å². The van der Waals surface area contributed by atoms with Crippen molar-refractivity contribution in [3.63, 3.8) is 0 Å². The van der Waals surface area contributed by atoms with Crippen LogP contribution in [0.4, 0.5) is 0 Å². The second kappa shape index (κ2) is 4.97. The van der Waals surface area contributed by atoms with Crippen molar-refractivity contribution in [1.29, 1.82) is 0 Å². The molecule has 3 atom stereocenters. The van der Waals surface area contributed by atoms with Crippen LogP contribution in [0.5, 0.6) is 0 Å². The first-order valence-corrected chi connectivity index (χ1v) is 6.29. The van der Waals surface area contributed by atoms with Gasteiger partial charge < -0.3 is 10.2 Å². The van der Waals surface area contributed by atoms with E-state index in [0.29, 0.717) is 12.0 Å². The van der Waals surface area contributed by atoms with E-state index in [1.807, 2.05) is 6.92 Å². The fraction of sp³-hybridized carbons (Fsp3) is 0.429. The summed E-state index contributed by atoms with van der Waals surface area (Å²) >= 11 is 0. The second-order valence-electron chi connectivity index (χ2n) is 4.75. The van der Waals surface area contributed by atoms with Crippen molar-refractivity contribution in [2.75, 3.05) is 7.11 Å². The Labute approximate surface area is 116 Å². The lowest BCUT2D eigenvalue weighted by atomic mass is 9.67. The van der Waals surface area contributed by atoms with E-state index < -0.39 is 29.3 Å². The lowest BCUT2D eigenvalue weighted by Crippen LogP contribution is -2.54. The molecule has 2 aliphatic rings. The van der Waals surface area contributed by atoms with E-state index in [-0.39, 0.29) is 5.70 Å². The largest absolute Gasteiger partial charge is 0.385 e. The lowest BCUT2D eigenvalue weighted by Gasteiger charge is -2.36. The van der Waals surface area contributed by atoms with Gasteiger partial charge in [0.15, 0.2) is 5.78 Å². The number of hydrogen-bond donors (Lipinski definition) is 2. The van der Waals surface area contributed by atoms with Crippen LogP contribution in [0.25, 0.3) is 0 Å². The van der Waals surface area contributed by atoms with Crippen molar-refractivity contribution in [3.8, 4) is 0 Å². The van der Waals surface area contributed by atoms with Crippen molar-refractivity contribution in [1.82, 2.24) is 5.06 Å². The molecule has 0 radical (unpaired) electrons. The summed E-state index contributed by atoms with van der Waals surface area (Å²) < 4.78 is 0. The second-order valence-corrected chi connectivity index (χ2v) is 4.75. The number of nitrogens with zero attached hydrogens (tertiary/aromatic N) is 1. The van der Waals surface area contributed by atoms with E-state index in [2.05, 4.69) is 6.58 Å². The van der Waals surface area contributed by atoms with Crippen molar-refractivity contribution in [2.24, 2.45) is 5.41 Å². The monoisotopic (exact) mass is 279 g/mol. The third-order valence-electron chi connectivity index (χ3n) is 3.76. The molecule has 1 aliphatic carbocycles. The number of hydrogen-bond acceptors (Lipinski definition) is 5. The van der Waals surface area contributed by atoms with Crippen LogP contribution < -0.4 is 0 Å². The first-order valence-electron chi connectivity index (χ1n) is 6.29. The molecule has 1 heterocycles. The minimum atomic E-state index is -1.77. The Morgan fingerprint density at radius 2 is 2.05 bits per heavy atom. The van der Waals surface area contributed by atoms with Gasteiger partial charge in [0.25, 0.3) is 5.91 Å². The highest BCUT2D eigenvalue weighted by atomic mass is 16.7. The minimum Gasteiger partial charge on any atom is -0.385 e. The predicted octanol–water partition coefficient (Wildman–Crippen LogP) is 0.0872. The van der Waals surface area contributed by atoms with Crippen molar-refractivity contribution < 1.29 is 24.6 Å². The third kappa shape index (κ3) is 1.62. The Bertz CT molecular complexity index is 536. The molecule has 0 aromatic carbocycles. The third-order valence-corrected chi connectivity index (χ3v) is 3.76. The number of allylic oxidation sites excluding steroid dienone is 2. The van der Waals surface area contributed by atoms with Gasteiger partial charge in [-0.05, 0) is 18.1 Å². The number of hydroxylamine groups is 2. The minimum absolute atomic E-state index is 0.00153. The lowest BCUT2D eigenvalue weighted by molar-refractivity contribution is -0.171. The highest BCUT2D eigenvalue weighted by molar-refractivity contribution is 6.05. The Kier molecular flexibility index (Phi) is 3.64. The first-order chi connectivity index (χ1) is 9.42. The molecule has 1 spiro atoms. The van der Waals surface area contributed by atoms with Crippen LogP contribution in [0.15, 0.2) is 36.1 Å². The van der Waals surface area contributed by atoms with Gasteiger partial charge in [0.1, 0.15) is 17.6 Å². The zero-order valence-corrected chi connectivity index (χ0v) is 11.4. The SMILES string of the molecule is C=C1C(O)C2(C(=O)N1OC)/C(=C/CC)C=CC(=O)[C@@H]2O. The summed E-state index contributed by atoms with van der Waals surface area (Å²) in [5, 5.41) is 21.5. The van der Waals surface area contributed by atoms with Gasteiger partial charge in [-0.3, -0.25) is 14.4 Å². The average molecular weight is 279 g/mol. The number of rotatable bonds is 2. The summed E-state index contributed by atoms with van der Waals surface area (Å²) in [7, 11) is 1.25. The van der Waals surface area contributed by atoms with Crippen LogP contribution in [0, 0.1) is 5.41 Å². The molecule has 1 saturated heterocycles. The molecule has 2 rings (SSSR count). The molecule has 6 nitrogen and oxygen atoms in total. The smallest absolute Gasteiger partial charge is 0.267 e. The summed E-state index contributed by atoms with van der Waals surface area (Å²) in [6.45, 7) is 5.45. The molecule has 20 heavy (non-hydrogen) atoms. The molecule has 6 heteroatoms. The Hall–Kier alpha value is -1.76. The highest BCUT2D eigenvalue weighted by Crippen LogP contribution is 2.49. The van der Waals surface area contributed by atoms with Crippen LogP contribution in [-0.2, 0) is 14.4 Å². The quantitative estimate of drug-likeness (QED) is 0.748. The summed E-state index contributed by atoms with van der Waals surface area (Å²) in [5.74, 6) is -1.32. The van der Waals surface area contributed by atoms with Gasteiger partial charge in [0.05, 0.1) is 12.8 Å². The standard InChI is InChI=1S/C14H17NO5/c1-4-5-9-6-7-10(16)12(18)14(9)11(17)8(2)15(20-3)13(14)19/h5-7,11-12,17-18H,2,4H2,1,3H3/b9-5+/t11?,12-,14?/m0/s1. The van der Waals surface area contributed by atoms with Gasteiger partial charge in [-0.1, -0.05) is 25.7 Å². The van der Waals surface area contributed by atoms with E-state index in [9.17, 15) is 19.8 Å². The number of aliphatic hydroxyl groups is 2. The van der Waals surface area contributed by atoms with Crippen LogP contribution >= 0.6 is 0 Å². The zero-order chi connectivity index (χ0) is 15.1. The molecule has 0 aromatic heterocycles. The van der Waals surface area contributed by atoms with Gasteiger partial charge in [-0.2, -0.15) is 5.06 Å². The molecule has 108 valence electrons. The van der Waals surface area contributed by atoms with Crippen LogP contribution in [0.1, 0.15) is 13.3 Å². The van der Waals surface area contributed by atoms with Gasteiger partial charge >= 0.3 is 0 Å². The average Bonchev–Trinajstić information content (AvgIpc) is 2.61. The van der Waals surface area contributed by atoms with Crippen LogP contribution in [0.3, 0.4) is 0 Å². The Morgan fingerprint density at radius 3 is 2.55 bits per heavy atom. The fourth-order valence-electron chi connectivity index (χ4n) is 2.78.